The fourth-order valence-corrected chi connectivity index (χ4v) is 3.82. The minimum atomic E-state index is 0.451. The molecule has 0 amide bonds. The van der Waals surface area contributed by atoms with Gasteiger partial charge in [-0.1, -0.05) is 38.2 Å². The second-order valence-electron chi connectivity index (χ2n) is 7.93. The Morgan fingerprint density at radius 1 is 0.769 bits per heavy atom. The highest BCUT2D eigenvalue weighted by atomic mass is 15.3. The number of amidine groups is 2. The van der Waals surface area contributed by atoms with Crippen molar-refractivity contribution in [3.63, 3.8) is 0 Å². The lowest BCUT2D eigenvalue weighted by atomic mass is 9.94. The molecule has 2 atom stereocenters. The van der Waals surface area contributed by atoms with Gasteiger partial charge in [0, 0.05) is 50.4 Å². The van der Waals surface area contributed by atoms with Crippen LogP contribution in [0.25, 0.3) is 0 Å². The molecule has 0 aromatic rings. The lowest BCUT2D eigenvalue weighted by molar-refractivity contribution is 0.384. The fourth-order valence-electron chi connectivity index (χ4n) is 3.82. The summed E-state index contributed by atoms with van der Waals surface area (Å²) in [6, 6.07) is 0. The number of piperazine rings is 1. The summed E-state index contributed by atoms with van der Waals surface area (Å²) in [6.07, 6.45) is 11.0. The van der Waals surface area contributed by atoms with Crippen LogP contribution in [0.4, 0.5) is 0 Å². The number of likely N-dealkylation sites (N-methyl/N-ethyl adjacent to an activating group) is 2. The third-order valence-corrected chi connectivity index (χ3v) is 5.60. The maximum Gasteiger partial charge on any atom is 0.172 e. The van der Waals surface area contributed by atoms with Crippen molar-refractivity contribution in [3.8, 4) is 0 Å². The summed E-state index contributed by atoms with van der Waals surface area (Å²) >= 11 is 0. The fraction of sp³-hybridized carbons (Fsp3) is 0.545. The Hall–Kier alpha value is -2.10. The Balaban J connectivity index is 2.09. The molecule has 4 nitrogen and oxygen atoms in total. The van der Waals surface area contributed by atoms with Crippen LogP contribution in [0.15, 0.2) is 56.8 Å². The van der Waals surface area contributed by atoms with Crippen LogP contribution in [-0.2, 0) is 0 Å². The molecule has 0 spiro atoms. The third kappa shape index (κ3) is 3.69. The molecule has 1 heterocycles. The van der Waals surface area contributed by atoms with Gasteiger partial charge >= 0.3 is 0 Å². The zero-order valence-electron chi connectivity index (χ0n) is 17.1. The summed E-state index contributed by atoms with van der Waals surface area (Å²) in [6.45, 7) is 10.8. The molecule has 0 bridgehead atoms. The van der Waals surface area contributed by atoms with Gasteiger partial charge in [-0.2, -0.15) is 0 Å². The van der Waals surface area contributed by atoms with E-state index in [9.17, 15) is 0 Å². The van der Waals surface area contributed by atoms with Crippen LogP contribution in [0.5, 0.6) is 0 Å². The second-order valence-corrected chi connectivity index (χ2v) is 7.93. The normalized spacial score (nSPS) is 30.2. The number of allylic oxidation sites excluding steroid dienone is 8. The Labute approximate surface area is 158 Å². The van der Waals surface area contributed by atoms with Gasteiger partial charge in [0.25, 0.3) is 0 Å². The van der Waals surface area contributed by atoms with Crippen LogP contribution >= 0.6 is 0 Å². The van der Waals surface area contributed by atoms with E-state index in [0.717, 1.165) is 37.6 Å². The first kappa shape index (κ1) is 18.7. The highest BCUT2D eigenvalue weighted by Crippen LogP contribution is 2.29. The first-order valence-corrected chi connectivity index (χ1v) is 9.73. The van der Waals surface area contributed by atoms with E-state index in [4.69, 9.17) is 9.98 Å². The van der Waals surface area contributed by atoms with Crippen molar-refractivity contribution in [1.82, 2.24) is 9.80 Å². The van der Waals surface area contributed by atoms with E-state index in [-0.39, 0.29) is 0 Å². The van der Waals surface area contributed by atoms with E-state index in [1.807, 2.05) is 0 Å². The average molecular weight is 353 g/mol. The van der Waals surface area contributed by atoms with Gasteiger partial charge in [-0.3, -0.25) is 0 Å². The van der Waals surface area contributed by atoms with Crippen LogP contribution < -0.4 is 0 Å². The summed E-state index contributed by atoms with van der Waals surface area (Å²) in [5, 5.41) is 0. The lowest BCUT2D eigenvalue weighted by Crippen LogP contribution is -2.51. The number of hydrogen-bond acceptors (Lipinski definition) is 2. The summed E-state index contributed by atoms with van der Waals surface area (Å²) in [5.41, 5.74) is 4.92. The smallest absolute Gasteiger partial charge is 0.172 e. The molecule has 140 valence electrons. The molecule has 1 aliphatic heterocycles. The van der Waals surface area contributed by atoms with E-state index in [1.165, 1.54) is 22.5 Å². The van der Waals surface area contributed by atoms with Crippen molar-refractivity contribution >= 4 is 11.7 Å². The zero-order valence-corrected chi connectivity index (χ0v) is 17.1. The Morgan fingerprint density at radius 2 is 1.15 bits per heavy atom. The van der Waals surface area contributed by atoms with Gasteiger partial charge in [-0.25, -0.2) is 9.98 Å². The molecule has 3 aliphatic rings. The molecule has 26 heavy (non-hydrogen) atoms. The zero-order chi connectivity index (χ0) is 18.8. The van der Waals surface area contributed by atoms with Crippen LogP contribution in [0, 0.1) is 11.8 Å². The molecule has 0 radical (unpaired) electrons. The molecular formula is C22H32N4. The van der Waals surface area contributed by atoms with Gasteiger partial charge in [-0.05, 0) is 37.8 Å². The number of aliphatic imine (C=N–C) groups is 2. The summed E-state index contributed by atoms with van der Waals surface area (Å²) in [5.74, 6) is 2.90. The van der Waals surface area contributed by atoms with Gasteiger partial charge in [0.1, 0.15) is 0 Å². The summed E-state index contributed by atoms with van der Waals surface area (Å²) in [4.78, 5) is 14.8. The molecule has 0 saturated carbocycles. The van der Waals surface area contributed by atoms with E-state index in [0.29, 0.717) is 11.8 Å². The van der Waals surface area contributed by atoms with Crippen LogP contribution in [0.2, 0.25) is 0 Å². The number of rotatable bonds is 2. The van der Waals surface area contributed by atoms with Crippen LogP contribution in [-0.4, -0.2) is 48.7 Å². The first-order chi connectivity index (χ1) is 12.4. The van der Waals surface area contributed by atoms with E-state index in [1.54, 1.807) is 0 Å². The number of nitrogens with zero attached hydrogens (tertiary/aromatic N) is 4. The first-order valence-electron chi connectivity index (χ1n) is 9.73. The maximum absolute atomic E-state index is 5.14. The third-order valence-electron chi connectivity index (χ3n) is 5.60. The van der Waals surface area contributed by atoms with Gasteiger partial charge < -0.3 is 9.80 Å². The molecule has 0 N–H and O–H groups in total. The van der Waals surface area contributed by atoms with Crippen molar-refractivity contribution in [1.29, 1.82) is 0 Å². The Morgan fingerprint density at radius 3 is 1.50 bits per heavy atom. The predicted octanol–water partition coefficient (Wildman–Crippen LogP) is 4.40. The Kier molecular flexibility index (Phi) is 5.49. The van der Waals surface area contributed by atoms with Crippen molar-refractivity contribution in [3.05, 3.63) is 46.8 Å². The van der Waals surface area contributed by atoms with Gasteiger partial charge in [0.05, 0.1) is 0 Å². The molecule has 0 aromatic carbocycles. The van der Waals surface area contributed by atoms with Gasteiger partial charge in [0.2, 0.25) is 0 Å². The average Bonchev–Trinajstić information content (AvgIpc) is 2.59. The van der Waals surface area contributed by atoms with Crippen molar-refractivity contribution in [2.75, 3.05) is 27.2 Å². The monoisotopic (exact) mass is 352 g/mol. The molecule has 1 saturated heterocycles. The molecule has 0 aromatic heterocycles. The van der Waals surface area contributed by atoms with E-state index < -0.39 is 0 Å². The van der Waals surface area contributed by atoms with E-state index in [2.05, 4.69) is 75.9 Å². The second kappa shape index (κ2) is 7.65. The molecule has 2 aliphatic carbocycles. The van der Waals surface area contributed by atoms with Crippen molar-refractivity contribution in [2.24, 2.45) is 21.8 Å². The summed E-state index contributed by atoms with van der Waals surface area (Å²) in [7, 11) is 4.26. The minimum Gasteiger partial charge on any atom is -0.355 e. The SMILES string of the molecule is CC1=C(N=C2C(=NC3=C(C)C=CC[C@@H]3C)N(C)CCN2C)[C@H](C)CC=C1. The topological polar surface area (TPSA) is 31.2 Å². The highest BCUT2D eigenvalue weighted by Gasteiger charge is 2.27. The lowest BCUT2D eigenvalue weighted by Gasteiger charge is -2.36. The van der Waals surface area contributed by atoms with Crippen molar-refractivity contribution in [2.45, 2.75) is 40.5 Å². The highest BCUT2D eigenvalue weighted by molar-refractivity contribution is 6.41. The molecule has 4 heteroatoms. The van der Waals surface area contributed by atoms with E-state index >= 15 is 0 Å². The molecule has 3 rings (SSSR count). The molecular weight excluding hydrogens is 320 g/mol. The maximum atomic E-state index is 5.14. The number of hydrogen-bond donors (Lipinski definition) is 0. The summed E-state index contributed by atoms with van der Waals surface area (Å²) < 4.78 is 0. The Bertz CT molecular complexity index is 684. The predicted molar refractivity (Wildman–Crippen MR) is 111 cm³/mol. The quantitative estimate of drug-likeness (QED) is 0.737. The molecule has 0 unspecified atom stereocenters. The van der Waals surface area contributed by atoms with Gasteiger partial charge in [-0.15, -0.1) is 0 Å². The van der Waals surface area contributed by atoms with Crippen molar-refractivity contribution < 1.29 is 0 Å². The van der Waals surface area contributed by atoms with Gasteiger partial charge in [0.15, 0.2) is 11.7 Å². The molecule has 1 fully saturated rings. The largest absolute Gasteiger partial charge is 0.355 e. The van der Waals surface area contributed by atoms with Crippen LogP contribution in [0.1, 0.15) is 40.5 Å². The van der Waals surface area contributed by atoms with Crippen LogP contribution in [0.3, 0.4) is 0 Å². The minimum absolute atomic E-state index is 0.451. The standard InChI is InChI=1S/C22H32N4/c1-15-9-7-10-16(2)19(15)23-21-22(26(6)14-13-25(21)5)24-20-17(3)11-8-12-18(20)4/h7-9,11,16,18H,10,12-14H2,1-6H3/t16-,18+.